The van der Waals surface area contributed by atoms with Crippen LogP contribution in [0.4, 0.5) is 21.6 Å². The van der Waals surface area contributed by atoms with Crippen molar-refractivity contribution in [3.8, 4) is 0 Å². The summed E-state index contributed by atoms with van der Waals surface area (Å²) in [4.78, 5) is 39.9. The zero-order valence-electron chi connectivity index (χ0n) is 21.0. The van der Waals surface area contributed by atoms with E-state index in [1.165, 1.54) is 30.0 Å². The van der Waals surface area contributed by atoms with Crippen molar-refractivity contribution in [2.75, 3.05) is 29.4 Å². The number of nitrogens with zero attached hydrogens (tertiary/aromatic N) is 5. The van der Waals surface area contributed by atoms with Crippen LogP contribution in [-0.4, -0.2) is 51.9 Å². The molecule has 9 heteroatoms. The number of amides is 1. The first-order chi connectivity index (χ1) is 17.9. The second kappa shape index (κ2) is 10.3. The van der Waals surface area contributed by atoms with Gasteiger partial charge in [0.15, 0.2) is 10.9 Å². The molecule has 2 aliphatic heterocycles. The Morgan fingerprint density at radius 3 is 2.57 bits per heavy atom. The third-order valence-electron chi connectivity index (χ3n) is 7.83. The normalized spacial score (nSPS) is 18.9. The van der Waals surface area contributed by atoms with Crippen LogP contribution in [0.15, 0.2) is 30.5 Å². The van der Waals surface area contributed by atoms with Gasteiger partial charge in [0.25, 0.3) is 11.7 Å². The maximum Gasteiger partial charge on any atom is 0.272 e. The Hall–Kier alpha value is -3.22. The number of Topliss-reactive ketones (excluding diaryl/α,β-unsaturated/α-hetero) is 1. The molecule has 1 amide bonds. The van der Waals surface area contributed by atoms with Crippen LogP contribution in [0.5, 0.6) is 0 Å². The molecular weight excluding hydrogens is 489 g/mol. The molecule has 3 aliphatic rings. The summed E-state index contributed by atoms with van der Waals surface area (Å²) in [5, 5.41) is 0.275. The zero-order chi connectivity index (χ0) is 26.2. The molecule has 1 spiro atoms. The van der Waals surface area contributed by atoms with Crippen molar-refractivity contribution >= 4 is 46.2 Å². The van der Waals surface area contributed by atoms with Gasteiger partial charge < -0.3 is 14.6 Å². The lowest BCUT2D eigenvalue weighted by Crippen LogP contribution is -2.55. The van der Waals surface area contributed by atoms with Gasteiger partial charge in [-0.1, -0.05) is 6.57 Å². The number of benzene rings is 1. The maximum atomic E-state index is 14.8. The molecule has 0 N–H and O–H groups in total. The second-order valence-corrected chi connectivity index (χ2v) is 10.5. The highest BCUT2D eigenvalue weighted by Crippen LogP contribution is 2.48. The fourth-order valence-corrected chi connectivity index (χ4v) is 6.10. The maximum absolute atomic E-state index is 14.8. The molecule has 0 atom stereocenters. The van der Waals surface area contributed by atoms with Gasteiger partial charge in [-0.2, -0.15) is 0 Å². The van der Waals surface area contributed by atoms with E-state index in [4.69, 9.17) is 18.8 Å². The number of unbranched alkanes of at least 4 members (excludes halogenated alkanes) is 1. The van der Waals surface area contributed by atoms with E-state index in [9.17, 15) is 14.0 Å². The molecule has 192 valence electrons. The molecule has 1 saturated carbocycles. The second-order valence-electron chi connectivity index (χ2n) is 10.2. The average molecular weight is 520 g/mol. The van der Waals surface area contributed by atoms with E-state index in [1.807, 2.05) is 0 Å². The highest BCUT2D eigenvalue weighted by atomic mass is 32.1. The Morgan fingerprint density at radius 2 is 1.92 bits per heavy atom. The smallest absolute Gasteiger partial charge is 0.272 e. The summed E-state index contributed by atoms with van der Waals surface area (Å²) in [7, 11) is 0. The monoisotopic (exact) mass is 519 g/mol. The predicted molar refractivity (Wildman–Crippen MR) is 145 cm³/mol. The van der Waals surface area contributed by atoms with Crippen LogP contribution in [0.3, 0.4) is 0 Å². The Balaban J connectivity index is 1.38. The lowest BCUT2D eigenvalue weighted by molar-refractivity contribution is -0.123. The van der Waals surface area contributed by atoms with E-state index < -0.39 is 11.4 Å². The van der Waals surface area contributed by atoms with E-state index in [0.717, 1.165) is 32.5 Å². The Morgan fingerprint density at radius 1 is 1.16 bits per heavy atom. The fourth-order valence-electron chi connectivity index (χ4n) is 5.63. The van der Waals surface area contributed by atoms with Crippen LogP contribution in [0.1, 0.15) is 67.3 Å². The number of pyridine rings is 1. The largest absolute Gasteiger partial charge is 0.360 e. The minimum atomic E-state index is -0.850. The number of likely N-dealkylation sites (tertiary alicyclic amines) is 1. The van der Waals surface area contributed by atoms with Crippen LogP contribution >= 0.6 is 12.2 Å². The van der Waals surface area contributed by atoms with Crippen molar-refractivity contribution in [2.24, 2.45) is 0 Å². The first-order valence-electron chi connectivity index (χ1n) is 12.9. The van der Waals surface area contributed by atoms with E-state index in [-0.39, 0.29) is 34.6 Å². The number of hydrogen-bond acceptors (Lipinski definition) is 5. The summed E-state index contributed by atoms with van der Waals surface area (Å²) >= 11 is 5.80. The van der Waals surface area contributed by atoms with Gasteiger partial charge in [0.1, 0.15) is 17.6 Å². The molecular formula is C28H30FN5O2S. The van der Waals surface area contributed by atoms with Gasteiger partial charge in [0.2, 0.25) is 0 Å². The number of carbonyl (C=O) groups excluding carboxylic acids is 2. The number of thiocarbonyl (C=S) groups is 1. The zero-order valence-corrected chi connectivity index (χ0v) is 21.8. The minimum absolute atomic E-state index is 0.0424. The molecule has 0 bridgehead atoms. The van der Waals surface area contributed by atoms with Crippen LogP contribution in [0, 0.1) is 19.3 Å². The number of ketones is 1. The topological polar surface area (TPSA) is 61.1 Å². The number of hydrogen-bond donors (Lipinski definition) is 0. The number of aromatic nitrogens is 1. The van der Waals surface area contributed by atoms with Crippen molar-refractivity contribution in [3.63, 3.8) is 0 Å². The minimum Gasteiger partial charge on any atom is -0.360 e. The standard InChI is InChI=1S/C28H30FN5O2S/c1-19-16-21(18-31-25(19)30-2)33-26(36)28(11-7-12-28)34(27(33)37)20-9-10-23(29)22(17-20)24(35)8-3-4-13-32-14-5-6-15-32/h9-10,16-18H,3-8,11-15H2,1H3. The van der Waals surface area contributed by atoms with Gasteiger partial charge in [-0.3, -0.25) is 14.5 Å². The third kappa shape index (κ3) is 4.53. The van der Waals surface area contributed by atoms with E-state index in [2.05, 4.69) is 14.7 Å². The van der Waals surface area contributed by atoms with Gasteiger partial charge in [0, 0.05) is 12.1 Å². The van der Waals surface area contributed by atoms with Gasteiger partial charge >= 0.3 is 0 Å². The molecule has 3 heterocycles. The SMILES string of the molecule is [C-]#[N+]c1ncc(N2C(=O)C3(CCC3)N(c3ccc(F)c(C(=O)CCCCN4CCCC4)c3)C2=S)cc1C. The number of anilines is 2. The molecule has 37 heavy (non-hydrogen) atoms. The Kier molecular flexibility index (Phi) is 7.06. The van der Waals surface area contributed by atoms with Crippen LogP contribution in [0.2, 0.25) is 0 Å². The molecule has 3 fully saturated rings. The Labute approximate surface area is 222 Å². The van der Waals surface area contributed by atoms with Crippen LogP contribution in [0.25, 0.3) is 4.85 Å². The third-order valence-corrected chi connectivity index (χ3v) is 8.19. The molecule has 1 aromatic carbocycles. The van der Waals surface area contributed by atoms with Crippen molar-refractivity contribution < 1.29 is 14.0 Å². The van der Waals surface area contributed by atoms with Gasteiger partial charge in [-0.15, -0.1) is 4.98 Å². The Bertz CT molecular complexity index is 1300. The first-order valence-corrected chi connectivity index (χ1v) is 13.3. The van der Waals surface area contributed by atoms with E-state index >= 15 is 0 Å². The first kappa shape index (κ1) is 25.4. The highest BCUT2D eigenvalue weighted by molar-refractivity contribution is 7.81. The highest BCUT2D eigenvalue weighted by Gasteiger charge is 2.59. The summed E-state index contributed by atoms with van der Waals surface area (Å²) in [5.74, 6) is -0.664. The van der Waals surface area contributed by atoms with Crippen molar-refractivity contribution in [2.45, 2.75) is 63.8 Å². The van der Waals surface area contributed by atoms with Crippen LogP contribution < -0.4 is 9.80 Å². The molecule has 0 radical (unpaired) electrons. The summed E-state index contributed by atoms with van der Waals surface area (Å²) in [5.41, 5.74) is 0.899. The number of aryl methyl sites for hydroxylation is 1. The number of halogens is 1. The van der Waals surface area contributed by atoms with E-state index in [0.29, 0.717) is 36.2 Å². The summed E-state index contributed by atoms with van der Waals surface area (Å²) < 4.78 is 14.8. The van der Waals surface area contributed by atoms with Gasteiger partial charge in [-0.05, 0) is 114 Å². The predicted octanol–water partition coefficient (Wildman–Crippen LogP) is 5.59. The number of rotatable bonds is 8. The average Bonchev–Trinajstić information content (AvgIpc) is 3.46. The van der Waals surface area contributed by atoms with Crippen LogP contribution in [-0.2, 0) is 4.79 Å². The number of carbonyl (C=O) groups is 2. The van der Waals surface area contributed by atoms with Gasteiger partial charge in [-0.25, -0.2) is 4.39 Å². The molecule has 1 aromatic heterocycles. The summed E-state index contributed by atoms with van der Waals surface area (Å²) in [6.45, 7) is 12.2. The molecule has 2 aromatic rings. The summed E-state index contributed by atoms with van der Waals surface area (Å²) in [6.07, 6.45) is 7.97. The van der Waals surface area contributed by atoms with Crippen molar-refractivity contribution in [3.05, 3.63) is 58.8 Å². The van der Waals surface area contributed by atoms with E-state index in [1.54, 1.807) is 30.0 Å². The molecule has 5 rings (SSSR count). The van der Waals surface area contributed by atoms with Gasteiger partial charge in [0.05, 0.1) is 11.3 Å². The quantitative estimate of drug-likeness (QED) is 0.196. The molecule has 0 unspecified atom stereocenters. The molecule has 1 aliphatic carbocycles. The molecule has 2 saturated heterocycles. The lowest BCUT2D eigenvalue weighted by atomic mass is 9.75. The van der Waals surface area contributed by atoms with Crippen molar-refractivity contribution in [1.29, 1.82) is 0 Å². The fraction of sp³-hybridized carbons (Fsp3) is 0.464. The lowest BCUT2D eigenvalue weighted by Gasteiger charge is -2.43. The summed E-state index contributed by atoms with van der Waals surface area (Å²) in [6, 6.07) is 6.18. The molecule has 7 nitrogen and oxygen atoms in total. The van der Waals surface area contributed by atoms with Crippen molar-refractivity contribution in [1.82, 2.24) is 9.88 Å².